The zero-order valence-electron chi connectivity index (χ0n) is 19.0. The second kappa shape index (κ2) is 8.79. The van der Waals surface area contributed by atoms with E-state index < -0.39 is 5.54 Å². The van der Waals surface area contributed by atoms with Gasteiger partial charge < -0.3 is 14.5 Å². The minimum atomic E-state index is -0.718. The van der Waals surface area contributed by atoms with Gasteiger partial charge in [0.1, 0.15) is 11.4 Å². The summed E-state index contributed by atoms with van der Waals surface area (Å²) >= 11 is 0. The smallest absolute Gasteiger partial charge is 0.205 e. The molecule has 1 saturated heterocycles. The maximum absolute atomic E-state index is 14.0. The Morgan fingerprint density at radius 3 is 2.77 bits per heavy atom. The largest absolute Gasteiger partial charge is 0.491 e. The first-order chi connectivity index (χ1) is 14.9. The van der Waals surface area contributed by atoms with Crippen LogP contribution in [0.3, 0.4) is 0 Å². The number of piperidine rings is 1. The molecule has 1 aliphatic heterocycles. The lowest BCUT2D eigenvalue weighted by atomic mass is 9.79. The average molecular weight is 421 g/mol. The van der Waals surface area contributed by atoms with Crippen LogP contribution >= 0.6 is 0 Å². The van der Waals surface area contributed by atoms with Crippen molar-refractivity contribution in [2.75, 3.05) is 13.2 Å². The van der Waals surface area contributed by atoms with E-state index in [1.807, 2.05) is 31.5 Å². The predicted molar refractivity (Wildman–Crippen MR) is 122 cm³/mol. The van der Waals surface area contributed by atoms with Gasteiger partial charge in [-0.05, 0) is 82.3 Å². The summed E-state index contributed by atoms with van der Waals surface area (Å²) < 4.78 is 7.95. The van der Waals surface area contributed by atoms with E-state index in [2.05, 4.69) is 41.5 Å². The van der Waals surface area contributed by atoms with Crippen molar-refractivity contribution in [2.45, 2.75) is 65.3 Å². The van der Waals surface area contributed by atoms with E-state index in [0.717, 1.165) is 49.3 Å². The van der Waals surface area contributed by atoms with Crippen LogP contribution in [0.1, 0.15) is 65.6 Å². The molecular formula is C25H32N4O2. The quantitative estimate of drug-likeness (QED) is 0.575. The minimum absolute atomic E-state index is 0.00645. The third-order valence-corrected chi connectivity index (χ3v) is 6.28. The molecule has 4 heterocycles. The standard InChI is InChI=1S/C25H32N4O2/c1-5-14-31-21-9-8-18(3)27-22(21)23(30)25(11-6-7-12-26-25)15-20-16-29-13-10-17(2)19(4)24(29)28-20/h8-10,13,16,26H,5-7,11-12,14-15H2,1-4H3/t25-/m0/s1. The van der Waals surface area contributed by atoms with E-state index in [-0.39, 0.29) is 5.78 Å². The molecule has 0 aromatic carbocycles. The van der Waals surface area contributed by atoms with E-state index in [9.17, 15) is 4.79 Å². The molecule has 0 bridgehead atoms. The summed E-state index contributed by atoms with van der Waals surface area (Å²) in [5.74, 6) is 0.581. The summed E-state index contributed by atoms with van der Waals surface area (Å²) in [6.45, 7) is 9.54. The summed E-state index contributed by atoms with van der Waals surface area (Å²) in [7, 11) is 0. The van der Waals surface area contributed by atoms with Gasteiger partial charge in [0.2, 0.25) is 5.78 Å². The summed E-state index contributed by atoms with van der Waals surface area (Å²) in [5, 5.41) is 3.56. The molecule has 0 saturated carbocycles. The van der Waals surface area contributed by atoms with E-state index in [1.165, 1.54) is 11.1 Å². The second-order valence-corrected chi connectivity index (χ2v) is 8.71. The number of Topliss-reactive ketones (excluding diaryl/α,β-unsaturated/α-hetero) is 1. The van der Waals surface area contributed by atoms with Crippen LogP contribution in [0, 0.1) is 20.8 Å². The first-order valence-electron chi connectivity index (χ1n) is 11.3. The molecule has 0 radical (unpaired) electrons. The van der Waals surface area contributed by atoms with E-state index >= 15 is 0 Å². The summed E-state index contributed by atoms with van der Waals surface area (Å²) in [5.41, 5.74) is 4.78. The molecular weight excluding hydrogens is 388 g/mol. The Labute approximate surface area is 184 Å². The maximum Gasteiger partial charge on any atom is 0.205 e. The van der Waals surface area contributed by atoms with Gasteiger partial charge in [-0.25, -0.2) is 9.97 Å². The molecule has 0 unspecified atom stereocenters. The zero-order valence-corrected chi connectivity index (χ0v) is 19.0. The van der Waals surface area contributed by atoms with Crippen molar-refractivity contribution >= 4 is 11.4 Å². The number of nitrogens with one attached hydrogen (secondary N) is 1. The molecule has 31 heavy (non-hydrogen) atoms. The lowest BCUT2D eigenvalue weighted by Gasteiger charge is -2.36. The number of carbonyl (C=O) groups is 1. The van der Waals surface area contributed by atoms with Gasteiger partial charge in [0.15, 0.2) is 5.69 Å². The van der Waals surface area contributed by atoms with Gasteiger partial charge in [0.25, 0.3) is 0 Å². The number of hydrogen-bond donors (Lipinski definition) is 1. The van der Waals surface area contributed by atoms with Gasteiger partial charge in [0, 0.05) is 24.5 Å². The van der Waals surface area contributed by atoms with E-state index in [1.54, 1.807) is 0 Å². The SMILES string of the molecule is CCCOc1ccc(C)nc1C(=O)[C@@]1(Cc2cn3ccc(C)c(C)c3n2)CCCCN1. The Hall–Kier alpha value is -2.73. The van der Waals surface area contributed by atoms with Crippen molar-refractivity contribution in [2.24, 2.45) is 0 Å². The average Bonchev–Trinajstić information content (AvgIpc) is 3.18. The number of carbonyl (C=O) groups excluding carboxylic acids is 1. The highest BCUT2D eigenvalue weighted by molar-refractivity contribution is 6.04. The fourth-order valence-electron chi connectivity index (χ4n) is 4.38. The number of aromatic nitrogens is 3. The molecule has 1 fully saturated rings. The van der Waals surface area contributed by atoms with Crippen LogP contribution in [0.5, 0.6) is 5.75 Å². The molecule has 6 nitrogen and oxygen atoms in total. The van der Waals surface area contributed by atoms with Gasteiger partial charge in [0.05, 0.1) is 17.8 Å². The lowest BCUT2D eigenvalue weighted by Crippen LogP contribution is -2.56. The molecule has 1 atom stereocenters. The van der Waals surface area contributed by atoms with Crippen molar-refractivity contribution < 1.29 is 9.53 Å². The third kappa shape index (κ3) is 4.22. The molecule has 0 spiro atoms. The lowest BCUT2D eigenvalue weighted by molar-refractivity contribution is 0.0799. The van der Waals surface area contributed by atoms with Crippen molar-refractivity contribution in [3.05, 3.63) is 58.8 Å². The van der Waals surface area contributed by atoms with Crippen LogP contribution in [0.15, 0.2) is 30.6 Å². The highest BCUT2D eigenvalue weighted by Gasteiger charge is 2.42. The van der Waals surface area contributed by atoms with Gasteiger partial charge in [-0.3, -0.25) is 4.79 Å². The van der Waals surface area contributed by atoms with Crippen molar-refractivity contribution in [3.63, 3.8) is 0 Å². The molecule has 164 valence electrons. The second-order valence-electron chi connectivity index (χ2n) is 8.71. The number of imidazole rings is 1. The Balaban J connectivity index is 1.73. The Bertz CT molecular complexity index is 1100. The number of rotatable bonds is 7. The predicted octanol–water partition coefficient (Wildman–Crippen LogP) is 4.38. The number of pyridine rings is 2. The Kier molecular flexibility index (Phi) is 6.10. The molecule has 4 rings (SSSR count). The first kappa shape index (κ1) is 21.5. The number of ether oxygens (including phenoxy) is 1. The summed E-state index contributed by atoms with van der Waals surface area (Å²) in [6, 6.07) is 5.87. The Morgan fingerprint density at radius 1 is 1.19 bits per heavy atom. The first-order valence-corrected chi connectivity index (χ1v) is 11.3. The number of aryl methyl sites for hydroxylation is 3. The zero-order chi connectivity index (χ0) is 22.0. The summed E-state index contributed by atoms with van der Waals surface area (Å²) in [4.78, 5) is 23.5. The fraction of sp³-hybridized carbons (Fsp3) is 0.480. The number of ketones is 1. The fourth-order valence-corrected chi connectivity index (χ4v) is 4.38. The third-order valence-electron chi connectivity index (χ3n) is 6.28. The van der Waals surface area contributed by atoms with E-state index in [0.29, 0.717) is 24.5 Å². The van der Waals surface area contributed by atoms with Gasteiger partial charge in [-0.2, -0.15) is 0 Å². The van der Waals surface area contributed by atoms with Crippen molar-refractivity contribution in [1.29, 1.82) is 0 Å². The Morgan fingerprint density at radius 2 is 2.03 bits per heavy atom. The molecule has 1 aliphatic rings. The highest BCUT2D eigenvalue weighted by atomic mass is 16.5. The van der Waals surface area contributed by atoms with Crippen LogP contribution < -0.4 is 10.1 Å². The van der Waals surface area contributed by atoms with Crippen molar-refractivity contribution in [3.8, 4) is 5.75 Å². The van der Waals surface area contributed by atoms with Gasteiger partial charge >= 0.3 is 0 Å². The molecule has 0 aliphatic carbocycles. The van der Waals surface area contributed by atoms with Crippen LogP contribution in [0.2, 0.25) is 0 Å². The number of nitrogens with zero attached hydrogens (tertiary/aromatic N) is 3. The molecule has 1 N–H and O–H groups in total. The van der Waals surface area contributed by atoms with Crippen LogP contribution in [0.4, 0.5) is 0 Å². The highest BCUT2D eigenvalue weighted by Crippen LogP contribution is 2.31. The molecule has 3 aromatic heterocycles. The van der Waals surface area contributed by atoms with E-state index in [4.69, 9.17) is 9.72 Å². The van der Waals surface area contributed by atoms with Crippen LogP contribution in [0.25, 0.3) is 5.65 Å². The minimum Gasteiger partial charge on any atom is -0.491 e. The van der Waals surface area contributed by atoms with Crippen LogP contribution in [-0.2, 0) is 6.42 Å². The van der Waals surface area contributed by atoms with Gasteiger partial charge in [-0.1, -0.05) is 6.92 Å². The number of fused-ring (bicyclic) bond motifs is 1. The maximum atomic E-state index is 14.0. The number of hydrogen-bond acceptors (Lipinski definition) is 5. The van der Waals surface area contributed by atoms with Crippen molar-refractivity contribution in [1.82, 2.24) is 19.7 Å². The molecule has 0 amide bonds. The van der Waals surface area contributed by atoms with Crippen LogP contribution in [-0.4, -0.2) is 38.8 Å². The normalized spacial score (nSPS) is 19.0. The topological polar surface area (TPSA) is 68.5 Å². The summed E-state index contributed by atoms with van der Waals surface area (Å²) in [6.07, 6.45) is 8.33. The monoisotopic (exact) mass is 420 g/mol. The van der Waals surface area contributed by atoms with Gasteiger partial charge in [-0.15, -0.1) is 0 Å². The molecule has 3 aromatic rings. The molecule has 6 heteroatoms.